The molecule has 6 rings (SSSR count). The first-order valence-corrected chi connectivity index (χ1v) is 12.3. The maximum atomic E-state index is 13.1. The largest absolute Gasteiger partial charge is 0.463 e. The number of oxazole rings is 1. The summed E-state index contributed by atoms with van der Waals surface area (Å²) in [6.45, 7) is 5.32. The van der Waals surface area contributed by atoms with Gasteiger partial charge in [0.1, 0.15) is 5.52 Å². The van der Waals surface area contributed by atoms with E-state index in [2.05, 4.69) is 25.4 Å². The van der Waals surface area contributed by atoms with E-state index < -0.39 is 12.0 Å². The van der Waals surface area contributed by atoms with Crippen molar-refractivity contribution < 1.29 is 28.2 Å². The summed E-state index contributed by atoms with van der Waals surface area (Å²) in [6.07, 6.45) is 0. The molecule has 0 bridgehead atoms. The summed E-state index contributed by atoms with van der Waals surface area (Å²) in [7, 11) is 0. The molecule has 0 aliphatic carbocycles. The first-order chi connectivity index (χ1) is 18.1. The predicted octanol–water partition coefficient (Wildman–Crippen LogP) is 2.55. The van der Waals surface area contributed by atoms with Crippen LogP contribution in [-0.4, -0.2) is 68.0 Å². The molecule has 0 radical (unpaired) electrons. The number of amides is 2. The number of nitrogens with zero attached hydrogens (tertiary/aromatic N) is 3. The molecule has 4 heterocycles. The van der Waals surface area contributed by atoms with Gasteiger partial charge in [-0.25, -0.2) is 9.59 Å². The van der Waals surface area contributed by atoms with Crippen molar-refractivity contribution in [2.24, 2.45) is 0 Å². The molecule has 3 aromatic rings. The number of nitrogens with one attached hydrogen (secondary N) is 2. The second kappa shape index (κ2) is 9.66. The molecule has 2 N–H and O–H groups in total. The second-order valence-electron chi connectivity index (χ2n) is 8.98. The predicted molar refractivity (Wildman–Crippen MR) is 133 cm³/mol. The van der Waals surface area contributed by atoms with E-state index in [1.54, 1.807) is 19.1 Å². The molecule has 1 aromatic heterocycles. The number of carbonyl (C=O) groups excluding carboxylic acids is 2. The zero-order valence-electron chi connectivity index (χ0n) is 20.4. The number of piperazine rings is 1. The Kier molecular flexibility index (Phi) is 6.05. The van der Waals surface area contributed by atoms with Crippen molar-refractivity contribution in [3.63, 3.8) is 0 Å². The summed E-state index contributed by atoms with van der Waals surface area (Å²) >= 11 is 0. The maximum Gasteiger partial charge on any atom is 0.338 e. The highest BCUT2D eigenvalue weighted by molar-refractivity contribution is 5.95. The van der Waals surface area contributed by atoms with E-state index in [1.165, 1.54) is 0 Å². The highest BCUT2D eigenvalue weighted by Crippen LogP contribution is 2.37. The lowest BCUT2D eigenvalue weighted by Gasteiger charge is -2.36. The SMILES string of the molecule is CCOC(=O)C1=C(CN2CCN(c3nc4ccccc4o3)CC2)NC(=O)N[C@@H]1c1ccc2c(c1)OCO2. The Bertz CT molecular complexity index is 1340. The Morgan fingerprint density at radius 1 is 1.11 bits per heavy atom. The molecule has 3 aliphatic heterocycles. The molecule has 1 fully saturated rings. The fourth-order valence-corrected chi connectivity index (χ4v) is 4.85. The van der Waals surface area contributed by atoms with Crippen LogP contribution in [0.5, 0.6) is 11.5 Å². The number of hydrogen-bond acceptors (Lipinski definition) is 9. The average molecular weight is 506 g/mol. The van der Waals surface area contributed by atoms with Gasteiger partial charge in [-0.2, -0.15) is 4.98 Å². The fourth-order valence-electron chi connectivity index (χ4n) is 4.85. The number of anilines is 1. The molecule has 1 saturated heterocycles. The summed E-state index contributed by atoms with van der Waals surface area (Å²) in [6, 6.07) is 12.6. The van der Waals surface area contributed by atoms with Gasteiger partial charge in [0, 0.05) is 38.4 Å². The van der Waals surface area contributed by atoms with Crippen LogP contribution >= 0.6 is 0 Å². The number of urea groups is 1. The lowest BCUT2D eigenvalue weighted by Crippen LogP contribution is -2.51. The Morgan fingerprint density at radius 2 is 1.92 bits per heavy atom. The molecular weight excluding hydrogens is 478 g/mol. The summed E-state index contributed by atoms with van der Waals surface area (Å²) < 4.78 is 22.2. The molecule has 0 unspecified atom stereocenters. The van der Waals surface area contributed by atoms with Gasteiger partial charge in [0.2, 0.25) is 6.79 Å². The average Bonchev–Trinajstić information content (AvgIpc) is 3.55. The number of carbonyl (C=O) groups is 2. The molecule has 0 spiro atoms. The Balaban J connectivity index is 1.23. The van der Waals surface area contributed by atoms with Crippen molar-refractivity contribution in [3.8, 4) is 11.5 Å². The van der Waals surface area contributed by atoms with Crippen molar-refractivity contribution in [1.82, 2.24) is 20.5 Å². The minimum Gasteiger partial charge on any atom is -0.463 e. The number of rotatable bonds is 6. The number of aromatic nitrogens is 1. The number of benzene rings is 2. The van der Waals surface area contributed by atoms with Crippen LogP contribution in [0.1, 0.15) is 18.5 Å². The molecule has 11 nitrogen and oxygen atoms in total. The minimum atomic E-state index is -0.682. The third kappa shape index (κ3) is 4.53. The molecule has 1 atom stereocenters. The number of ether oxygens (including phenoxy) is 3. The summed E-state index contributed by atoms with van der Waals surface area (Å²) in [4.78, 5) is 34.7. The van der Waals surface area contributed by atoms with Crippen LogP contribution < -0.4 is 25.0 Å². The van der Waals surface area contributed by atoms with E-state index in [0.717, 1.165) is 11.1 Å². The van der Waals surface area contributed by atoms with E-state index in [1.807, 2.05) is 30.3 Å². The van der Waals surface area contributed by atoms with E-state index in [4.69, 9.17) is 18.6 Å². The number of para-hydroxylation sites is 2. The Hall–Kier alpha value is -4.25. The van der Waals surface area contributed by atoms with Crippen molar-refractivity contribution >= 4 is 29.1 Å². The topological polar surface area (TPSA) is 118 Å². The molecule has 11 heteroatoms. The zero-order chi connectivity index (χ0) is 25.4. The van der Waals surface area contributed by atoms with E-state index in [9.17, 15) is 9.59 Å². The van der Waals surface area contributed by atoms with Crippen LogP contribution in [0.2, 0.25) is 0 Å². The van der Waals surface area contributed by atoms with E-state index in [-0.39, 0.29) is 19.4 Å². The van der Waals surface area contributed by atoms with Crippen LogP contribution in [0.4, 0.5) is 10.8 Å². The van der Waals surface area contributed by atoms with Crippen LogP contribution in [0, 0.1) is 0 Å². The van der Waals surface area contributed by atoms with Gasteiger partial charge >= 0.3 is 12.0 Å². The molecule has 2 amide bonds. The highest BCUT2D eigenvalue weighted by atomic mass is 16.7. The number of hydrogen-bond donors (Lipinski definition) is 2. The van der Waals surface area contributed by atoms with Gasteiger partial charge in [-0.15, -0.1) is 0 Å². The van der Waals surface area contributed by atoms with Crippen LogP contribution in [0.25, 0.3) is 11.1 Å². The monoisotopic (exact) mass is 505 g/mol. The molecular formula is C26H27N5O6. The third-order valence-electron chi connectivity index (χ3n) is 6.69. The zero-order valence-corrected chi connectivity index (χ0v) is 20.4. The van der Waals surface area contributed by atoms with Crippen molar-refractivity contribution in [2.75, 3.05) is 51.0 Å². The highest BCUT2D eigenvalue weighted by Gasteiger charge is 2.35. The Labute approximate surface area is 213 Å². The van der Waals surface area contributed by atoms with Crippen LogP contribution in [0.15, 0.2) is 58.2 Å². The van der Waals surface area contributed by atoms with E-state index in [0.29, 0.717) is 67.1 Å². The lowest BCUT2D eigenvalue weighted by atomic mass is 9.94. The summed E-state index contributed by atoms with van der Waals surface area (Å²) in [5, 5.41) is 5.72. The molecule has 2 aromatic carbocycles. The van der Waals surface area contributed by atoms with Crippen molar-refractivity contribution in [2.45, 2.75) is 13.0 Å². The van der Waals surface area contributed by atoms with Gasteiger partial charge < -0.3 is 34.2 Å². The maximum absolute atomic E-state index is 13.1. The van der Waals surface area contributed by atoms with Crippen LogP contribution in [0.3, 0.4) is 0 Å². The molecule has 192 valence electrons. The minimum absolute atomic E-state index is 0.138. The lowest BCUT2D eigenvalue weighted by molar-refractivity contribution is -0.139. The second-order valence-corrected chi connectivity index (χ2v) is 8.98. The first kappa shape index (κ1) is 23.2. The smallest absolute Gasteiger partial charge is 0.338 e. The van der Waals surface area contributed by atoms with Crippen LogP contribution in [-0.2, 0) is 9.53 Å². The third-order valence-corrected chi connectivity index (χ3v) is 6.69. The van der Waals surface area contributed by atoms with Gasteiger partial charge in [-0.1, -0.05) is 18.2 Å². The Morgan fingerprint density at radius 3 is 2.73 bits per heavy atom. The normalized spacial score (nSPS) is 19.6. The van der Waals surface area contributed by atoms with Crippen molar-refractivity contribution in [1.29, 1.82) is 0 Å². The number of fused-ring (bicyclic) bond motifs is 2. The summed E-state index contributed by atoms with van der Waals surface area (Å²) in [5.74, 6) is 0.728. The van der Waals surface area contributed by atoms with Gasteiger partial charge in [0.25, 0.3) is 6.01 Å². The van der Waals surface area contributed by atoms with Gasteiger partial charge in [0.05, 0.1) is 18.2 Å². The van der Waals surface area contributed by atoms with Gasteiger partial charge in [0.15, 0.2) is 17.1 Å². The quantitative estimate of drug-likeness (QED) is 0.487. The first-order valence-electron chi connectivity index (χ1n) is 12.3. The summed E-state index contributed by atoms with van der Waals surface area (Å²) in [5.41, 5.74) is 3.20. The van der Waals surface area contributed by atoms with Crippen molar-refractivity contribution in [3.05, 3.63) is 59.3 Å². The van der Waals surface area contributed by atoms with Gasteiger partial charge in [-0.05, 0) is 36.8 Å². The standard InChI is InChI=1S/C26H27N5O6/c1-2-34-24(32)22-18(27-25(33)29-23(22)16-7-8-20-21(13-16)36-15-35-20)14-30-9-11-31(12-10-30)26-28-17-5-3-4-6-19(17)37-26/h3-8,13,23H,2,9-12,14-15H2,1H3,(H2,27,29,33)/t23-/m1/s1. The molecule has 3 aliphatic rings. The molecule has 0 saturated carbocycles. The number of esters is 1. The van der Waals surface area contributed by atoms with Gasteiger partial charge in [-0.3, -0.25) is 4.90 Å². The van der Waals surface area contributed by atoms with E-state index >= 15 is 0 Å². The fraction of sp³-hybridized carbons (Fsp3) is 0.346. The molecule has 37 heavy (non-hydrogen) atoms.